The summed E-state index contributed by atoms with van der Waals surface area (Å²) in [6, 6.07) is 0. The number of carbonyl (C=O) groups is 1. The van der Waals surface area contributed by atoms with E-state index in [9.17, 15) is 4.79 Å². The van der Waals surface area contributed by atoms with Gasteiger partial charge in [0.15, 0.2) is 0 Å². The Morgan fingerprint density at radius 2 is 2.12 bits per heavy atom. The van der Waals surface area contributed by atoms with Crippen molar-refractivity contribution in [3.05, 3.63) is 23.8 Å². The van der Waals surface area contributed by atoms with Crippen LogP contribution in [0.4, 0.5) is 0 Å². The van der Waals surface area contributed by atoms with Crippen molar-refractivity contribution >= 4 is 5.97 Å². The van der Waals surface area contributed by atoms with Gasteiger partial charge in [-0.15, -0.1) is 0 Å². The molecular weight excluding hydrogens is 212 g/mol. The summed E-state index contributed by atoms with van der Waals surface area (Å²) >= 11 is 0. The van der Waals surface area contributed by atoms with Crippen molar-refractivity contribution in [1.82, 2.24) is 0 Å². The Balaban J connectivity index is 2.80. The van der Waals surface area contributed by atoms with Crippen LogP contribution in [0.15, 0.2) is 23.8 Å². The molecule has 1 rings (SSSR count). The van der Waals surface area contributed by atoms with Crippen molar-refractivity contribution in [2.24, 2.45) is 5.92 Å². The number of rotatable bonds is 3. The second-order valence-electron chi connectivity index (χ2n) is 5.56. The molecule has 0 bridgehead atoms. The van der Waals surface area contributed by atoms with E-state index in [1.54, 1.807) is 6.92 Å². The molecule has 0 N–H and O–H groups in total. The minimum atomic E-state index is -0.443. The Kier molecular flexibility index (Phi) is 4.55. The normalized spacial score (nSPS) is 21.4. The number of hydrogen-bond acceptors (Lipinski definition) is 2. The van der Waals surface area contributed by atoms with E-state index >= 15 is 0 Å². The van der Waals surface area contributed by atoms with Crippen LogP contribution in [0.1, 0.15) is 53.4 Å². The molecule has 0 spiro atoms. The quantitative estimate of drug-likeness (QED) is 0.420. The molecule has 0 aliphatic heterocycles. The number of esters is 1. The first kappa shape index (κ1) is 14.0. The van der Waals surface area contributed by atoms with Crippen molar-refractivity contribution < 1.29 is 9.53 Å². The zero-order valence-corrected chi connectivity index (χ0v) is 11.5. The third-order valence-corrected chi connectivity index (χ3v) is 3.51. The second-order valence-corrected chi connectivity index (χ2v) is 5.56. The molecule has 17 heavy (non-hydrogen) atoms. The van der Waals surface area contributed by atoms with Gasteiger partial charge in [0.05, 0.1) is 0 Å². The first-order valence-corrected chi connectivity index (χ1v) is 6.40. The molecule has 0 saturated carbocycles. The van der Waals surface area contributed by atoms with Crippen molar-refractivity contribution in [1.29, 1.82) is 0 Å². The van der Waals surface area contributed by atoms with Gasteiger partial charge in [0.1, 0.15) is 5.60 Å². The molecule has 0 aromatic carbocycles. The molecule has 0 aromatic rings. The van der Waals surface area contributed by atoms with Gasteiger partial charge in [-0.05, 0) is 47.0 Å². The third kappa shape index (κ3) is 3.72. The lowest BCUT2D eigenvalue weighted by Crippen LogP contribution is -2.37. The summed E-state index contributed by atoms with van der Waals surface area (Å²) < 4.78 is 5.59. The lowest BCUT2D eigenvalue weighted by molar-refractivity contribution is -0.155. The lowest BCUT2D eigenvalue weighted by atomic mass is 9.82. The van der Waals surface area contributed by atoms with Crippen LogP contribution in [0.25, 0.3) is 0 Å². The predicted octanol–water partition coefficient (Wildman–Crippen LogP) is 4.02. The highest BCUT2D eigenvalue weighted by atomic mass is 16.6. The van der Waals surface area contributed by atoms with E-state index in [4.69, 9.17) is 4.74 Å². The summed E-state index contributed by atoms with van der Waals surface area (Å²) in [5, 5.41) is 0. The van der Waals surface area contributed by atoms with E-state index in [-0.39, 0.29) is 5.97 Å². The Bertz CT molecular complexity index is 337. The smallest absolute Gasteiger partial charge is 0.333 e. The SMILES string of the molecule is C=C(C)C(=O)OC(C)(C)C1CCCCC=C1C. The Hall–Kier alpha value is -1.05. The molecular formula is C15H24O2. The number of ether oxygens (including phenoxy) is 1. The molecule has 1 aliphatic rings. The maximum Gasteiger partial charge on any atom is 0.333 e. The molecule has 0 radical (unpaired) electrons. The average Bonchev–Trinajstić information content (AvgIpc) is 2.42. The topological polar surface area (TPSA) is 26.3 Å². The molecule has 2 nitrogen and oxygen atoms in total. The Morgan fingerprint density at radius 3 is 2.71 bits per heavy atom. The highest BCUT2D eigenvalue weighted by molar-refractivity contribution is 5.87. The van der Waals surface area contributed by atoms with E-state index in [1.807, 2.05) is 13.8 Å². The van der Waals surface area contributed by atoms with Gasteiger partial charge in [-0.3, -0.25) is 0 Å². The third-order valence-electron chi connectivity index (χ3n) is 3.51. The van der Waals surface area contributed by atoms with Crippen LogP contribution in [0, 0.1) is 5.92 Å². The van der Waals surface area contributed by atoms with E-state index in [2.05, 4.69) is 19.6 Å². The lowest BCUT2D eigenvalue weighted by Gasteiger charge is -2.34. The molecule has 0 heterocycles. The Morgan fingerprint density at radius 1 is 1.47 bits per heavy atom. The summed E-state index contributed by atoms with van der Waals surface area (Å²) in [4.78, 5) is 11.7. The molecule has 0 amide bonds. The fraction of sp³-hybridized carbons (Fsp3) is 0.667. The van der Waals surface area contributed by atoms with Crippen LogP contribution in [-0.2, 0) is 9.53 Å². The van der Waals surface area contributed by atoms with Crippen molar-refractivity contribution in [2.75, 3.05) is 0 Å². The second kappa shape index (κ2) is 5.52. The zero-order chi connectivity index (χ0) is 13.1. The van der Waals surface area contributed by atoms with E-state index < -0.39 is 5.60 Å². The Labute approximate surface area is 105 Å². The predicted molar refractivity (Wildman–Crippen MR) is 70.7 cm³/mol. The molecule has 1 aliphatic carbocycles. The fourth-order valence-corrected chi connectivity index (χ4v) is 2.49. The van der Waals surface area contributed by atoms with Gasteiger partial charge < -0.3 is 4.74 Å². The van der Waals surface area contributed by atoms with Gasteiger partial charge in [0.25, 0.3) is 0 Å². The van der Waals surface area contributed by atoms with E-state index in [1.165, 1.54) is 18.4 Å². The van der Waals surface area contributed by atoms with Crippen molar-refractivity contribution in [2.45, 2.75) is 59.0 Å². The summed E-state index contributed by atoms with van der Waals surface area (Å²) in [6.45, 7) is 11.5. The van der Waals surface area contributed by atoms with Crippen LogP contribution in [-0.4, -0.2) is 11.6 Å². The van der Waals surface area contributed by atoms with Crippen molar-refractivity contribution in [3.63, 3.8) is 0 Å². The van der Waals surface area contributed by atoms with Crippen LogP contribution < -0.4 is 0 Å². The number of allylic oxidation sites excluding steroid dienone is 1. The molecule has 1 unspecified atom stereocenters. The van der Waals surface area contributed by atoms with Crippen LogP contribution in [0.3, 0.4) is 0 Å². The standard InChI is InChI=1S/C15H24O2/c1-11(2)14(16)17-15(4,5)13-10-8-6-7-9-12(13)3/h9,13H,1,6-8,10H2,2-5H3. The first-order chi connectivity index (χ1) is 7.84. The van der Waals surface area contributed by atoms with Crippen molar-refractivity contribution in [3.8, 4) is 0 Å². The van der Waals surface area contributed by atoms with Gasteiger partial charge in [-0.1, -0.05) is 24.6 Å². The molecule has 96 valence electrons. The molecule has 1 atom stereocenters. The number of carbonyl (C=O) groups excluding carboxylic acids is 1. The molecule has 2 heteroatoms. The largest absolute Gasteiger partial charge is 0.456 e. The van der Waals surface area contributed by atoms with E-state index in [0.29, 0.717) is 11.5 Å². The molecule has 0 saturated heterocycles. The highest BCUT2D eigenvalue weighted by Crippen LogP contribution is 2.35. The summed E-state index contributed by atoms with van der Waals surface area (Å²) in [5.41, 5.74) is 1.37. The maximum atomic E-state index is 11.7. The average molecular weight is 236 g/mol. The van der Waals surface area contributed by atoms with Crippen LogP contribution >= 0.6 is 0 Å². The summed E-state index contributed by atoms with van der Waals surface area (Å²) in [6.07, 6.45) is 6.96. The van der Waals surface area contributed by atoms with Crippen LogP contribution in [0.5, 0.6) is 0 Å². The van der Waals surface area contributed by atoms with Gasteiger partial charge >= 0.3 is 5.97 Å². The highest BCUT2D eigenvalue weighted by Gasteiger charge is 2.34. The zero-order valence-electron chi connectivity index (χ0n) is 11.5. The molecule has 0 fully saturated rings. The summed E-state index contributed by atoms with van der Waals surface area (Å²) in [7, 11) is 0. The minimum Gasteiger partial charge on any atom is -0.456 e. The van der Waals surface area contributed by atoms with Gasteiger partial charge in [-0.25, -0.2) is 4.79 Å². The van der Waals surface area contributed by atoms with Crippen LogP contribution in [0.2, 0.25) is 0 Å². The van der Waals surface area contributed by atoms with Gasteiger partial charge in [0, 0.05) is 11.5 Å². The van der Waals surface area contributed by atoms with Gasteiger partial charge in [-0.2, -0.15) is 0 Å². The number of hydrogen-bond donors (Lipinski definition) is 0. The fourth-order valence-electron chi connectivity index (χ4n) is 2.49. The van der Waals surface area contributed by atoms with E-state index in [0.717, 1.165) is 12.8 Å². The monoisotopic (exact) mass is 236 g/mol. The van der Waals surface area contributed by atoms with Gasteiger partial charge in [0.2, 0.25) is 0 Å². The first-order valence-electron chi connectivity index (χ1n) is 6.40. The summed E-state index contributed by atoms with van der Waals surface area (Å²) in [5.74, 6) is 0.0420. The molecule has 0 aromatic heterocycles. The maximum absolute atomic E-state index is 11.7. The minimum absolute atomic E-state index is 0.285.